The highest BCUT2D eigenvalue weighted by molar-refractivity contribution is 7.99. The molecular weight excluding hydrogens is 412 g/mol. The van der Waals surface area contributed by atoms with Crippen LogP contribution in [-0.2, 0) is 15.9 Å². The molecule has 1 unspecified atom stereocenters. The van der Waals surface area contributed by atoms with Crippen LogP contribution < -0.4 is 0 Å². The molecular formula is C24H30N2O2S2. The number of rotatable bonds is 5. The van der Waals surface area contributed by atoms with Crippen molar-refractivity contribution >= 4 is 23.5 Å². The van der Waals surface area contributed by atoms with Gasteiger partial charge in [-0.05, 0) is 48.1 Å². The zero-order valence-corrected chi connectivity index (χ0v) is 19.2. The van der Waals surface area contributed by atoms with E-state index in [1.807, 2.05) is 23.5 Å². The Morgan fingerprint density at radius 1 is 1.00 bits per heavy atom. The molecule has 3 heterocycles. The maximum absolute atomic E-state index is 5.60. The molecule has 6 heteroatoms. The normalized spacial score (nSPS) is 23.2. The molecule has 2 aromatic carbocycles. The van der Waals surface area contributed by atoms with Gasteiger partial charge in [0.05, 0.1) is 13.2 Å². The Morgan fingerprint density at radius 2 is 1.80 bits per heavy atom. The lowest BCUT2D eigenvalue weighted by atomic mass is 9.96. The summed E-state index contributed by atoms with van der Waals surface area (Å²) in [6.45, 7) is 7.04. The van der Waals surface area contributed by atoms with Gasteiger partial charge in [-0.15, -0.1) is 11.8 Å². The maximum atomic E-state index is 5.60. The molecule has 2 saturated heterocycles. The second-order valence-electron chi connectivity index (χ2n) is 8.17. The molecule has 0 saturated carbocycles. The number of nitrogens with zero attached hydrogens (tertiary/aromatic N) is 2. The van der Waals surface area contributed by atoms with E-state index in [0.29, 0.717) is 6.04 Å². The average molecular weight is 443 g/mol. The molecule has 3 aliphatic rings. The Labute approximate surface area is 188 Å². The number of fused-ring (bicyclic) bond motifs is 2. The molecule has 0 bridgehead atoms. The fraction of sp³-hybridized carbons (Fsp3) is 0.500. The van der Waals surface area contributed by atoms with Crippen molar-refractivity contribution in [3.8, 4) is 0 Å². The number of hydrogen-bond acceptors (Lipinski definition) is 6. The minimum absolute atomic E-state index is 0.00950. The summed E-state index contributed by atoms with van der Waals surface area (Å²) < 4.78 is 11.2. The number of thioether (sulfide) groups is 1. The topological polar surface area (TPSA) is 24.9 Å². The molecule has 30 heavy (non-hydrogen) atoms. The highest BCUT2D eigenvalue weighted by Crippen LogP contribution is 2.44. The van der Waals surface area contributed by atoms with Gasteiger partial charge in [0.2, 0.25) is 0 Å². The molecule has 0 radical (unpaired) electrons. The van der Waals surface area contributed by atoms with Crippen LogP contribution in [0.5, 0.6) is 0 Å². The van der Waals surface area contributed by atoms with Crippen LogP contribution in [0.15, 0.2) is 57.2 Å². The minimum Gasteiger partial charge on any atom is -0.350 e. The third-order valence-corrected chi connectivity index (χ3v) is 8.34. The van der Waals surface area contributed by atoms with Gasteiger partial charge in [0.25, 0.3) is 0 Å². The van der Waals surface area contributed by atoms with E-state index in [1.54, 1.807) is 0 Å². The number of hydrogen-bond donors (Lipinski definition) is 0. The minimum atomic E-state index is 0.00950. The fourth-order valence-electron chi connectivity index (χ4n) is 4.70. The Bertz CT molecular complexity index is 864. The third kappa shape index (κ3) is 4.59. The van der Waals surface area contributed by atoms with Crippen molar-refractivity contribution in [2.45, 2.75) is 39.9 Å². The van der Waals surface area contributed by atoms with E-state index in [0.717, 1.165) is 58.8 Å². The fourth-order valence-corrected chi connectivity index (χ4v) is 6.27. The quantitative estimate of drug-likeness (QED) is 0.631. The highest BCUT2D eigenvalue weighted by atomic mass is 32.2. The Hall–Kier alpha value is -1.02. The lowest BCUT2D eigenvalue weighted by Gasteiger charge is -2.40. The van der Waals surface area contributed by atoms with Crippen molar-refractivity contribution < 1.29 is 9.47 Å². The number of ether oxygens (including phenoxy) is 2. The first kappa shape index (κ1) is 20.9. The highest BCUT2D eigenvalue weighted by Gasteiger charge is 2.30. The second kappa shape index (κ2) is 9.63. The van der Waals surface area contributed by atoms with E-state index in [2.05, 4.69) is 58.5 Å². The van der Waals surface area contributed by atoms with Crippen LogP contribution in [-0.4, -0.2) is 68.3 Å². The summed E-state index contributed by atoms with van der Waals surface area (Å²) in [4.78, 5) is 9.47. The molecule has 1 atom stereocenters. The Balaban J connectivity index is 1.32. The van der Waals surface area contributed by atoms with Gasteiger partial charge in [-0.3, -0.25) is 4.90 Å². The summed E-state index contributed by atoms with van der Waals surface area (Å²) in [5, 5.41) is 0. The first-order chi connectivity index (χ1) is 14.8. The Kier molecular flexibility index (Phi) is 6.70. The zero-order chi connectivity index (χ0) is 20.3. The molecule has 3 aliphatic heterocycles. The van der Waals surface area contributed by atoms with E-state index in [4.69, 9.17) is 9.47 Å². The first-order valence-corrected chi connectivity index (χ1v) is 13.0. The van der Waals surface area contributed by atoms with Gasteiger partial charge in [-0.25, -0.2) is 0 Å². The van der Waals surface area contributed by atoms with Crippen molar-refractivity contribution in [3.05, 3.63) is 53.6 Å². The standard InChI is InChI=1S/C24H30N2O2S2/c1-29-19-6-7-23-20(17-19)21(16-18-4-2-3-5-22(18)30-23)26-12-10-25(11-13-26)9-8-24-27-14-15-28-24/h2-7,17,21,24H,8-16H2,1H3. The lowest BCUT2D eigenvalue weighted by molar-refractivity contribution is -0.0538. The van der Waals surface area contributed by atoms with Crippen LogP contribution in [0, 0.1) is 0 Å². The molecule has 0 N–H and O–H groups in total. The van der Waals surface area contributed by atoms with Gasteiger partial charge in [0.15, 0.2) is 6.29 Å². The van der Waals surface area contributed by atoms with Gasteiger partial charge in [0.1, 0.15) is 0 Å². The van der Waals surface area contributed by atoms with Crippen molar-refractivity contribution in [1.82, 2.24) is 9.80 Å². The molecule has 0 aromatic heterocycles. The van der Waals surface area contributed by atoms with Gasteiger partial charge in [0, 0.05) is 59.9 Å². The van der Waals surface area contributed by atoms with Crippen LogP contribution in [0.4, 0.5) is 0 Å². The van der Waals surface area contributed by atoms with Crippen LogP contribution in [0.25, 0.3) is 0 Å². The van der Waals surface area contributed by atoms with Crippen molar-refractivity contribution in [2.24, 2.45) is 0 Å². The van der Waals surface area contributed by atoms with Gasteiger partial charge >= 0.3 is 0 Å². The van der Waals surface area contributed by atoms with Gasteiger partial charge < -0.3 is 14.4 Å². The van der Waals surface area contributed by atoms with E-state index < -0.39 is 0 Å². The van der Waals surface area contributed by atoms with Crippen molar-refractivity contribution in [3.63, 3.8) is 0 Å². The molecule has 2 aromatic rings. The summed E-state index contributed by atoms with van der Waals surface area (Å²) >= 11 is 3.78. The van der Waals surface area contributed by atoms with Gasteiger partial charge in [-0.1, -0.05) is 30.0 Å². The number of piperazine rings is 1. The summed E-state index contributed by atoms with van der Waals surface area (Å²) in [6, 6.07) is 16.4. The summed E-state index contributed by atoms with van der Waals surface area (Å²) in [5.41, 5.74) is 2.98. The molecule has 5 rings (SSSR count). The Morgan fingerprint density at radius 3 is 2.60 bits per heavy atom. The zero-order valence-electron chi connectivity index (χ0n) is 17.6. The predicted molar refractivity (Wildman–Crippen MR) is 124 cm³/mol. The summed E-state index contributed by atoms with van der Waals surface area (Å²) in [6.07, 6.45) is 4.26. The van der Waals surface area contributed by atoms with Crippen molar-refractivity contribution in [2.75, 3.05) is 52.2 Å². The molecule has 0 amide bonds. The SMILES string of the molecule is CSc1ccc2c(c1)C(N1CCN(CCC3OCCO3)CC1)Cc1ccccc1S2. The van der Waals surface area contributed by atoms with E-state index >= 15 is 0 Å². The molecule has 2 fully saturated rings. The van der Waals surface area contributed by atoms with Crippen molar-refractivity contribution in [1.29, 1.82) is 0 Å². The van der Waals surface area contributed by atoms with E-state index in [-0.39, 0.29) is 6.29 Å². The third-order valence-electron chi connectivity index (χ3n) is 6.40. The monoisotopic (exact) mass is 442 g/mol. The van der Waals surface area contributed by atoms with E-state index in [9.17, 15) is 0 Å². The maximum Gasteiger partial charge on any atom is 0.159 e. The predicted octanol–water partition coefficient (Wildman–Crippen LogP) is 4.54. The smallest absolute Gasteiger partial charge is 0.159 e. The van der Waals surface area contributed by atoms with Crippen LogP contribution in [0.3, 0.4) is 0 Å². The van der Waals surface area contributed by atoms with Gasteiger partial charge in [-0.2, -0.15) is 0 Å². The van der Waals surface area contributed by atoms with E-state index in [1.165, 1.54) is 25.8 Å². The first-order valence-electron chi connectivity index (χ1n) is 10.9. The molecule has 4 nitrogen and oxygen atoms in total. The van der Waals surface area contributed by atoms with Crippen LogP contribution in [0.2, 0.25) is 0 Å². The van der Waals surface area contributed by atoms with Crippen LogP contribution in [0.1, 0.15) is 23.6 Å². The molecule has 160 valence electrons. The number of benzene rings is 2. The largest absolute Gasteiger partial charge is 0.350 e. The lowest BCUT2D eigenvalue weighted by Crippen LogP contribution is -2.48. The average Bonchev–Trinajstić information content (AvgIpc) is 3.26. The molecule has 0 aliphatic carbocycles. The summed E-state index contributed by atoms with van der Waals surface area (Å²) in [5.74, 6) is 0. The molecule has 0 spiro atoms. The second-order valence-corrected chi connectivity index (χ2v) is 10.1. The van der Waals surface area contributed by atoms with Crippen LogP contribution >= 0.6 is 23.5 Å². The summed E-state index contributed by atoms with van der Waals surface area (Å²) in [7, 11) is 0.